The summed E-state index contributed by atoms with van der Waals surface area (Å²) < 4.78 is 5.89. The zero-order chi connectivity index (χ0) is 15.7. The molecule has 2 N–H and O–H groups in total. The van der Waals surface area contributed by atoms with Crippen LogP contribution in [-0.2, 0) is 4.74 Å². The third-order valence-corrected chi connectivity index (χ3v) is 5.77. The molecule has 0 spiro atoms. The second-order valence-electron chi connectivity index (χ2n) is 7.66. The molecule has 2 amide bonds. The molecule has 3 atom stereocenters. The van der Waals surface area contributed by atoms with Crippen LogP contribution in [0.2, 0.25) is 0 Å². The lowest BCUT2D eigenvalue weighted by Crippen LogP contribution is -2.70. The van der Waals surface area contributed by atoms with Gasteiger partial charge in [-0.25, -0.2) is 4.79 Å². The molecule has 3 fully saturated rings. The largest absolute Gasteiger partial charge is 0.377 e. The van der Waals surface area contributed by atoms with Gasteiger partial charge < -0.3 is 15.4 Å². The Hall–Kier alpha value is -0.810. The first-order valence-corrected chi connectivity index (χ1v) is 8.94. The summed E-state index contributed by atoms with van der Waals surface area (Å²) in [6, 6.07) is 0.984. The van der Waals surface area contributed by atoms with Gasteiger partial charge in [0.05, 0.1) is 6.10 Å². The van der Waals surface area contributed by atoms with Crippen LogP contribution in [0, 0.1) is 11.3 Å². The second kappa shape index (κ2) is 6.36. The molecule has 3 aliphatic rings. The predicted molar refractivity (Wildman–Crippen MR) is 86.8 cm³/mol. The topological polar surface area (TPSA) is 53.6 Å². The van der Waals surface area contributed by atoms with Crippen LogP contribution in [0.1, 0.15) is 46.5 Å². The van der Waals surface area contributed by atoms with E-state index in [1.54, 1.807) is 0 Å². The second-order valence-corrected chi connectivity index (χ2v) is 7.66. The molecular formula is C17H31N3O2. The number of likely N-dealkylation sites (N-methyl/N-ethyl adjacent to an activating group) is 1. The number of urea groups is 1. The van der Waals surface area contributed by atoms with Gasteiger partial charge in [-0.1, -0.05) is 20.8 Å². The van der Waals surface area contributed by atoms with E-state index in [0.29, 0.717) is 12.0 Å². The number of ether oxygens (including phenoxy) is 1. The van der Waals surface area contributed by atoms with Crippen molar-refractivity contribution in [2.45, 2.75) is 64.6 Å². The summed E-state index contributed by atoms with van der Waals surface area (Å²) in [5.41, 5.74) is 0.0475. The summed E-state index contributed by atoms with van der Waals surface area (Å²) in [5.74, 6) is 0.494. The van der Waals surface area contributed by atoms with Crippen molar-refractivity contribution in [2.75, 3.05) is 26.2 Å². The van der Waals surface area contributed by atoms with Gasteiger partial charge in [-0.15, -0.1) is 0 Å². The van der Waals surface area contributed by atoms with Crippen LogP contribution >= 0.6 is 0 Å². The number of nitrogens with zero attached hydrogens (tertiary/aromatic N) is 1. The molecule has 3 unspecified atom stereocenters. The number of fused-ring (bicyclic) bond motifs is 1. The highest BCUT2D eigenvalue weighted by atomic mass is 16.5. The van der Waals surface area contributed by atoms with E-state index in [9.17, 15) is 4.79 Å². The van der Waals surface area contributed by atoms with Gasteiger partial charge in [-0.05, 0) is 32.2 Å². The number of carbonyl (C=O) groups excluding carboxylic acids is 1. The van der Waals surface area contributed by atoms with Crippen molar-refractivity contribution in [3.8, 4) is 0 Å². The SMILES string of the molecule is CCN(CCNC(=O)NC1C2CCCOC2C1(C)C)C1CC1. The fraction of sp³-hybridized carbons (Fsp3) is 0.941. The average Bonchev–Trinajstić information content (AvgIpc) is 3.34. The summed E-state index contributed by atoms with van der Waals surface area (Å²) in [5, 5.41) is 6.22. The highest BCUT2D eigenvalue weighted by molar-refractivity contribution is 5.74. The maximum Gasteiger partial charge on any atom is 0.315 e. The highest BCUT2D eigenvalue weighted by Gasteiger charge is 2.58. The van der Waals surface area contributed by atoms with Crippen molar-refractivity contribution in [3.05, 3.63) is 0 Å². The van der Waals surface area contributed by atoms with Crippen molar-refractivity contribution in [1.29, 1.82) is 0 Å². The number of carbonyl (C=O) groups is 1. The monoisotopic (exact) mass is 309 g/mol. The van der Waals surface area contributed by atoms with Crippen molar-refractivity contribution >= 4 is 6.03 Å². The Labute approximate surface area is 134 Å². The molecule has 0 aromatic rings. The van der Waals surface area contributed by atoms with E-state index in [-0.39, 0.29) is 17.5 Å². The zero-order valence-corrected chi connectivity index (χ0v) is 14.2. The van der Waals surface area contributed by atoms with Crippen LogP contribution in [0.4, 0.5) is 4.79 Å². The van der Waals surface area contributed by atoms with Gasteiger partial charge in [0.15, 0.2) is 0 Å². The first-order chi connectivity index (χ1) is 10.5. The maximum atomic E-state index is 12.2. The summed E-state index contributed by atoms with van der Waals surface area (Å²) in [6.07, 6.45) is 5.24. The molecule has 126 valence electrons. The van der Waals surface area contributed by atoms with Gasteiger partial charge in [0.2, 0.25) is 0 Å². The number of hydrogen-bond acceptors (Lipinski definition) is 3. The summed E-state index contributed by atoms with van der Waals surface area (Å²) in [4.78, 5) is 14.6. The van der Waals surface area contributed by atoms with E-state index in [1.807, 2.05) is 0 Å². The van der Waals surface area contributed by atoms with Crippen molar-refractivity contribution in [2.24, 2.45) is 11.3 Å². The van der Waals surface area contributed by atoms with Crippen LogP contribution in [0.5, 0.6) is 0 Å². The van der Waals surface area contributed by atoms with E-state index in [4.69, 9.17) is 4.74 Å². The molecule has 22 heavy (non-hydrogen) atoms. The van der Waals surface area contributed by atoms with E-state index in [1.165, 1.54) is 19.3 Å². The van der Waals surface area contributed by atoms with Gasteiger partial charge in [-0.3, -0.25) is 4.90 Å². The Morgan fingerprint density at radius 2 is 2.09 bits per heavy atom. The molecule has 2 aliphatic carbocycles. The molecular weight excluding hydrogens is 278 g/mol. The summed E-state index contributed by atoms with van der Waals surface area (Å²) in [6.45, 7) is 10.2. The normalized spacial score (nSPS) is 33.0. The molecule has 0 radical (unpaired) electrons. The fourth-order valence-electron chi connectivity index (χ4n) is 4.36. The van der Waals surface area contributed by atoms with Gasteiger partial charge in [0.25, 0.3) is 0 Å². The number of nitrogens with one attached hydrogen (secondary N) is 2. The molecule has 1 heterocycles. The molecule has 0 bridgehead atoms. The van der Waals surface area contributed by atoms with Crippen LogP contribution in [-0.4, -0.2) is 55.4 Å². The molecule has 1 aliphatic heterocycles. The number of amides is 2. The smallest absolute Gasteiger partial charge is 0.315 e. The lowest BCUT2D eigenvalue weighted by atomic mass is 9.55. The van der Waals surface area contributed by atoms with Crippen molar-refractivity contribution in [1.82, 2.24) is 15.5 Å². The predicted octanol–water partition coefficient (Wildman–Crippen LogP) is 1.97. The van der Waals surface area contributed by atoms with Crippen LogP contribution in [0.3, 0.4) is 0 Å². The van der Waals surface area contributed by atoms with Crippen LogP contribution in [0.25, 0.3) is 0 Å². The van der Waals surface area contributed by atoms with Gasteiger partial charge in [0, 0.05) is 43.1 Å². The Morgan fingerprint density at radius 1 is 1.32 bits per heavy atom. The minimum Gasteiger partial charge on any atom is -0.377 e. The first-order valence-electron chi connectivity index (χ1n) is 8.94. The highest BCUT2D eigenvalue weighted by Crippen LogP contribution is 2.51. The summed E-state index contributed by atoms with van der Waals surface area (Å²) >= 11 is 0. The van der Waals surface area contributed by atoms with Crippen molar-refractivity contribution < 1.29 is 9.53 Å². The lowest BCUT2D eigenvalue weighted by Gasteiger charge is -2.59. The van der Waals surface area contributed by atoms with E-state index in [2.05, 4.69) is 36.3 Å². The third kappa shape index (κ3) is 3.11. The van der Waals surface area contributed by atoms with Gasteiger partial charge in [-0.2, -0.15) is 0 Å². The minimum absolute atomic E-state index is 0.0195. The molecule has 2 saturated carbocycles. The van der Waals surface area contributed by atoms with Gasteiger partial charge >= 0.3 is 6.03 Å². The quantitative estimate of drug-likeness (QED) is 0.789. The lowest BCUT2D eigenvalue weighted by molar-refractivity contribution is -0.189. The van der Waals surface area contributed by atoms with Crippen molar-refractivity contribution in [3.63, 3.8) is 0 Å². The molecule has 1 saturated heterocycles. The zero-order valence-electron chi connectivity index (χ0n) is 14.2. The molecule has 0 aromatic heterocycles. The summed E-state index contributed by atoms with van der Waals surface area (Å²) in [7, 11) is 0. The van der Waals surface area contributed by atoms with E-state index >= 15 is 0 Å². The molecule has 5 nitrogen and oxygen atoms in total. The van der Waals surface area contributed by atoms with Crippen LogP contribution in [0.15, 0.2) is 0 Å². The third-order valence-electron chi connectivity index (χ3n) is 5.77. The van der Waals surface area contributed by atoms with E-state index in [0.717, 1.165) is 38.7 Å². The first kappa shape index (κ1) is 16.1. The molecule has 5 heteroatoms. The number of hydrogen-bond donors (Lipinski definition) is 2. The fourth-order valence-corrected chi connectivity index (χ4v) is 4.36. The maximum absolute atomic E-state index is 12.2. The molecule has 3 rings (SSSR count). The molecule has 0 aromatic carbocycles. The Bertz CT molecular complexity index is 409. The Kier molecular flexibility index (Phi) is 4.64. The standard InChI is InChI=1S/C17H31N3O2/c1-4-20(12-7-8-12)10-9-18-16(21)19-14-13-6-5-11-22-15(13)17(14,2)3/h12-15H,4-11H2,1-3H3,(H2,18,19,21). The average molecular weight is 309 g/mol. The Morgan fingerprint density at radius 3 is 2.77 bits per heavy atom. The van der Waals surface area contributed by atoms with E-state index < -0.39 is 0 Å². The minimum atomic E-state index is -0.0195. The Balaban J connectivity index is 1.41. The van der Waals surface area contributed by atoms with Crippen LogP contribution < -0.4 is 10.6 Å². The number of rotatable bonds is 6. The van der Waals surface area contributed by atoms with Gasteiger partial charge in [0.1, 0.15) is 0 Å².